The molecule has 0 saturated carbocycles. The molecular formula is C18H23N3O3. The molecule has 0 bridgehead atoms. The molecule has 0 spiro atoms. The summed E-state index contributed by atoms with van der Waals surface area (Å²) in [5.41, 5.74) is -0.584. The average Bonchev–Trinajstić information content (AvgIpc) is 3.07. The van der Waals surface area contributed by atoms with Gasteiger partial charge >= 0.3 is 6.09 Å². The number of imidazole rings is 1. The number of hydrogen-bond acceptors (Lipinski definition) is 4. The van der Waals surface area contributed by atoms with Crippen LogP contribution < -0.4 is 10.7 Å². The Labute approximate surface area is 141 Å². The number of ether oxygens (including phenoxy) is 1. The van der Waals surface area contributed by atoms with Crippen molar-refractivity contribution in [1.82, 2.24) is 14.9 Å². The zero-order valence-electron chi connectivity index (χ0n) is 14.2. The van der Waals surface area contributed by atoms with Crippen molar-refractivity contribution in [1.29, 1.82) is 0 Å². The number of fused-ring (bicyclic) bond motifs is 1. The van der Waals surface area contributed by atoms with E-state index in [1.807, 2.05) is 32.9 Å². The number of hydrogen-bond donors (Lipinski definition) is 2. The SMILES string of the molecule is C#CC1C=c2[nH]c(C3CC(O)CN3C(=O)OC(C)(C)C)nc2=CC1. The molecule has 2 heterocycles. The standard InChI is InChI=1S/C18H23N3O3/c1-5-11-6-7-13-14(8-11)20-16(19-13)15-9-12(22)10-21(15)17(23)24-18(2,3)4/h1,7-8,11-12,15,22H,6,9-10H2,2-4H3,(H,19,20). The highest BCUT2D eigenvalue weighted by atomic mass is 16.6. The van der Waals surface area contributed by atoms with E-state index in [1.165, 1.54) is 0 Å². The van der Waals surface area contributed by atoms with E-state index in [-0.39, 0.29) is 18.5 Å². The Morgan fingerprint density at radius 3 is 2.96 bits per heavy atom. The highest BCUT2D eigenvalue weighted by molar-refractivity contribution is 5.69. The van der Waals surface area contributed by atoms with Crippen LogP contribution >= 0.6 is 0 Å². The number of rotatable bonds is 1. The van der Waals surface area contributed by atoms with E-state index in [1.54, 1.807) is 4.90 Å². The fourth-order valence-corrected chi connectivity index (χ4v) is 3.08. The number of H-pyrrole nitrogens is 1. The van der Waals surface area contributed by atoms with Crippen LogP contribution in [0.5, 0.6) is 0 Å². The summed E-state index contributed by atoms with van der Waals surface area (Å²) in [6.45, 7) is 5.71. The van der Waals surface area contributed by atoms with Gasteiger partial charge in [0.05, 0.1) is 29.4 Å². The lowest BCUT2D eigenvalue weighted by atomic mass is 10.0. The first kappa shape index (κ1) is 16.6. The summed E-state index contributed by atoms with van der Waals surface area (Å²) in [4.78, 5) is 21.8. The molecular weight excluding hydrogens is 306 g/mol. The molecule has 1 aromatic heterocycles. The molecule has 1 aromatic rings. The molecule has 2 aliphatic rings. The number of terminal acetylenes is 1. The molecule has 1 saturated heterocycles. The van der Waals surface area contributed by atoms with Gasteiger partial charge in [0.1, 0.15) is 11.4 Å². The van der Waals surface area contributed by atoms with Crippen LogP contribution in [0.3, 0.4) is 0 Å². The largest absolute Gasteiger partial charge is 0.444 e. The van der Waals surface area contributed by atoms with Crippen LogP contribution in [0.2, 0.25) is 0 Å². The van der Waals surface area contributed by atoms with Crippen molar-refractivity contribution in [2.75, 3.05) is 6.54 Å². The molecule has 6 nitrogen and oxygen atoms in total. The van der Waals surface area contributed by atoms with Gasteiger partial charge in [0, 0.05) is 12.3 Å². The van der Waals surface area contributed by atoms with Crippen molar-refractivity contribution >= 4 is 18.2 Å². The Morgan fingerprint density at radius 2 is 2.29 bits per heavy atom. The van der Waals surface area contributed by atoms with Gasteiger partial charge in [-0.15, -0.1) is 6.42 Å². The first-order valence-corrected chi connectivity index (χ1v) is 8.18. The van der Waals surface area contributed by atoms with Gasteiger partial charge in [-0.25, -0.2) is 9.78 Å². The number of likely N-dealkylation sites (tertiary alicyclic amines) is 1. The van der Waals surface area contributed by atoms with Crippen LogP contribution in [0.4, 0.5) is 4.79 Å². The number of nitrogens with one attached hydrogen (secondary N) is 1. The van der Waals surface area contributed by atoms with Crippen LogP contribution in [0.25, 0.3) is 12.2 Å². The summed E-state index contributed by atoms with van der Waals surface area (Å²) in [5.74, 6) is 3.44. The van der Waals surface area contributed by atoms with Crippen molar-refractivity contribution in [3.05, 3.63) is 16.5 Å². The molecule has 3 unspecified atom stereocenters. The van der Waals surface area contributed by atoms with Gasteiger partial charge in [-0.2, -0.15) is 0 Å². The second-order valence-corrected chi connectivity index (χ2v) is 7.34. The van der Waals surface area contributed by atoms with E-state index >= 15 is 0 Å². The molecule has 24 heavy (non-hydrogen) atoms. The van der Waals surface area contributed by atoms with Crippen molar-refractivity contribution < 1.29 is 14.6 Å². The number of carbonyl (C=O) groups is 1. The maximum Gasteiger partial charge on any atom is 0.411 e. The average molecular weight is 329 g/mol. The lowest BCUT2D eigenvalue weighted by Gasteiger charge is -2.27. The summed E-state index contributed by atoms with van der Waals surface area (Å²) in [6.07, 6.45) is 9.65. The van der Waals surface area contributed by atoms with Crippen molar-refractivity contribution in [2.24, 2.45) is 5.92 Å². The van der Waals surface area contributed by atoms with Crippen molar-refractivity contribution in [3.63, 3.8) is 0 Å². The Balaban J connectivity index is 1.90. The van der Waals surface area contributed by atoms with Crippen LogP contribution in [-0.4, -0.2) is 44.3 Å². The van der Waals surface area contributed by atoms with Gasteiger partial charge in [0.2, 0.25) is 0 Å². The normalized spacial score (nSPS) is 26.1. The molecule has 1 amide bonds. The predicted molar refractivity (Wildman–Crippen MR) is 90.0 cm³/mol. The molecule has 3 rings (SSSR count). The summed E-state index contributed by atoms with van der Waals surface area (Å²) in [6, 6.07) is -0.327. The van der Waals surface area contributed by atoms with Gasteiger partial charge < -0.3 is 14.8 Å². The van der Waals surface area contributed by atoms with E-state index in [0.717, 1.165) is 17.1 Å². The third-order valence-corrected chi connectivity index (χ3v) is 4.15. The third kappa shape index (κ3) is 3.31. The molecule has 0 aromatic carbocycles. The number of β-amino-alcohol motifs (C(OH)–C–C–N with tert-alkyl or cyclic N) is 1. The lowest BCUT2D eigenvalue weighted by molar-refractivity contribution is 0.0201. The van der Waals surface area contributed by atoms with Crippen molar-refractivity contribution in [2.45, 2.75) is 51.4 Å². The van der Waals surface area contributed by atoms with Crippen molar-refractivity contribution in [3.8, 4) is 12.3 Å². The second kappa shape index (κ2) is 5.99. The zero-order chi connectivity index (χ0) is 17.5. The number of aromatic amines is 1. The Morgan fingerprint density at radius 1 is 1.54 bits per heavy atom. The summed E-state index contributed by atoms with van der Waals surface area (Å²) in [5, 5.41) is 11.8. The number of carbonyl (C=O) groups excluding carboxylic acids is 1. The summed E-state index contributed by atoms with van der Waals surface area (Å²) in [7, 11) is 0. The minimum Gasteiger partial charge on any atom is -0.444 e. The first-order chi connectivity index (χ1) is 11.3. The zero-order valence-corrected chi connectivity index (χ0v) is 14.2. The first-order valence-electron chi connectivity index (χ1n) is 8.18. The highest BCUT2D eigenvalue weighted by Crippen LogP contribution is 2.31. The van der Waals surface area contributed by atoms with Crippen LogP contribution in [0.1, 0.15) is 45.5 Å². The Kier molecular flexibility index (Phi) is 4.14. The lowest BCUT2D eigenvalue weighted by Crippen LogP contribution is -2.37. The highest BCUT2D eigenvalue weighted by Gasteiger charge is 2.39. The van der Waals surface area contributed by atoms with Crippen LogP contribution in [0.15, 0.2) is 0 Å². The van der Waals surface area contributed by atoms with E-state index in [2.05, 4.69) is 15.9 Å². The number of aliphatic hydroxyl groups is 1. The fraction of sp³-hybridized carbons (Fsp3) is 0.556. The van der Waals surface area contributed by atoms with E-state index in [0.29, 0.717) is 12.2 Å². The van der Waals surface area contributed by atoms with E-state index in [9.17, 15) is 9.90 Å². The molecule has 1 fully saturated rings. The molecule has 1 aliphatic carbocycles. The third-order valence-electron chi connectivity index (χ3n) is 4.15. The van der Waals surface area contributed by atoms with E-state index in [4.69, 9.17) is 11.2 Å². The smallest absolute Gasteiger partial charge is 0.411 e. The minimum atomic E-state index is -0.587. The predicted octanol–water partition coefficient (Wildman–Crippen LogP) is 0.667. The quantitative estimate of drug-likeness (QED) is 0.742. The Bertz CT molecular complexity index is 797. The maximum atomic E-state index is 12.4. The molecule has 6 heteroatoms. The summed E-state index contributed by atoms with van der Waals surface area (Å²) >= 11 is 0. The van der Waals surface area contributed by atoms with Gasteiger partial charge in [-0.05, 0) is 33.3 Å². The van der Waals surface area contributed by atoms with Crippen LogP contribution in [0, 0.1) is 18.3 Å². The molecule has 1 aliphatic heterocycles. The molecule has 3 atom stereocenters. The van der Waals surface area contributed by atoms with Gasteiger partial charge in [0.25, 0.3) is 0 Å². The van der Waals surface area contributed by atoms with Gasteiger partial charge in [-0.1, -0.05) is 12.0 Å². The number of aromatic nitrogens is 2. The second-order valence-electron chi connectivity index (χ2n) is 7.34. The van der Waals surface area contributed by atoms with Gasteiger partial charge in [-0.3, -0.25) is 4.90 Å². The topological polar surface area (TPSA) is 78.5 Å². The maximum absolute atomic E-state index is 12.4. The van der Waals surface area contributed by atoms with Gasteiger partial charge in [0.15, 0.2) is 0 Å². The number of nitrogens with zero attached hydrogens (tertiary/aromatic N) is 2. The minimum absolute atomic E-state index is 0.0573. The monoisotopic (exact) mass is 329 g/mol. The Hall–Kier alpha value is -2.26. The fourth-order valence-electron chi connectivity index (χ4n) is 3.08. The number of amides is 1. The molecule has 2 N–H and O–H groups in total. The van der Waals surface area contributed by atoms with E-state index < -0.39 is 17.8 Å². The molecule has 0 radical (unpaired) electrons. The molecule has 128 valence electrons. The van der Waals surface area contributed by atoms with Crippen LogP contribution in [-0.2, 0) is 4.74 Å². The number of aliphatic hydroxyl groups excluding tert-OH is 1. The summed E-state index contributed by atoms with van der Waals surface area (Å²) < 4.78 is 5.45.